The highest BCUT2D eigenvalue weighted by Crippen LogP contribution is 2.20. The van der Waals surface area contributed by atoms with E-state index in [9.17, 15) is 4.79 Å². The van der Waals surface area contributed by atoms with Crippen LogP contribution in [0.2, 0.25) is 0 Å². The van der Waals surface area contributed by atoms with Crippen LogP contribution in [0.25, 0.3) is 0 Å². The van der Waals surface area contributed by atoms with Crippen molar-refractivity contribution in [1.29, 1.82) is 0 Å². The number of hydrogen-bond acceptors (Lipinski definition) is 4. The number of Topliss-reactive ketones (excluding diaryl/α,β-unsaturated/α-hetero) is 1. The van der Waals surface area contributed by atoms with Crippen molar-refractivity contribution in [3.8, 4) is 0 Å². The third-order valence-corrected chi connectivity index (χ3v) is 2.48. The van der Waals surface area contributed by atoms with Gasteiger partial charge in [-0.25, -0.2) is 10.9 Å². The molecule has 2 atom stereocenters. The summed E-state index contributed by atoms with van der Waals surface area (Å²) in [5.41, 5.74) is 5.70. The average molecular weight is 200 g/mol. The first-order chi connectivity index (χ1) is 6.45. The molecule has 0 aliphatic carbocycles. The Kier molecular flexibility index (Phi) is 3.64. The van der Waals surface area contributed by atoms with Crippen LogP contribution in [-0.4, -0.2) is 25.2 Å². The Balaban J connectivity index is 2.46. The number of carbonyl (C=O) groups is 1. The van der Waals surface area contributed by atoms with Gasteiger partial charge >= 0.3 is 0 Å². The fourth-order valence-corrected chi connectivity index (χ4v) is 1.55. The third kappa shape index (κ3) is 2.77. The van der Waals surface area contributed by atoms with E-state index in [2.05, 4.69) is 10.9 Å². The van der Waals surface area contributed by atoms with Crippen LogP contribution in [0.3, 0.4) is 0 Å². The van der Waals surface area contributed by atoms with Gasteiger partial charge in [0.05, 0.1) is 6.04 Å². The van der Waals surface area contributed by atoms with Gasteiger partial charge in [0.1, 0.15) is 6.23 Å². The van der Waals surface area contributed by atoms with E-state index in [1.165, 1.54) is 0 Å². The molecule has 0 aromatic rings. The van der Waals surface area contributed by atoms with Crippen LogP contribution in [0.5, 0.6) is 0 Å². The van der Waals surface area contributed by atoms with E-state index >= 15 is 0 Å². The maximum Gasteiger partial charge on any atom is 0.156 e. The minimum atomic E-state index is -0.279. The molecule has 2 unspecified atom stereocenters. The number of ketones is 1. The SMILES string of the molecule is COC1CCC(C(=O)C(C)(C)C)NN1. The Bertz CT molecular complexity index is 203. The van der Waals surface area contributed by atoms with Crippen molar-refractivity contribution in [3.63, 3.8) is 0 Å². The zero-order valence-corrected chi connectivity index (χ0v) is 9.39. The minimum absolute atomic E-state index is 0.0269. The molecule has 4 heteroatoms. The first kappa shape index (κ1) is 11.6. The quantitative estimate of drug-likeness (QED) is 0.693. The standard InChI is InChI=1S/C10H20N2O2/c1-10(2,3)9(13)7-5-6-8(14-4)12-11-7/h7-8,11-12H,5-6H2,1-4H3. The summed E-state index contributed by atoms with van der Waals surface area (Å²) in [6, 6.07) is -0.0820. The molecule has 2 N–H and O–H groups in total. The molecule has 82 valence electrons. The van der Waals surface area contributed by atoms with Crippen molar-refractivity contribution in [2.24, 2.45) is 5.41 Å². The van der Waals surface area contributed by atoms with Crippen LogP contribution in [-0.2, 0) is 9.53 Å². The van der Waals surface area contributed by atoms with Crippen molar-refractivity contribution in [1.82, 2.24) is 10.9 Å². The van der Waals surface area contributed by atoms with Gasteiger partial charge in [-0.3, -0.25) is 4.79 Å². The lowest BCUT2D eigenvalue weighted by Gasteiger charge is -2.32. The Morgan fingerprint density at radius 2 is 1.93 bits per heavy atom. The Morgan fingerprint density at radius 1 is 1.29 bits per heavy atom. The summed E-state index contributed by atoms with van der Waals surface area (Å²) < 4.78 is 5.12. The number of ether oxygens (including phenoxy) is 1. The molecular weight excluding hydrogens is 180 g/mol. The molecule has 1 aliphatic heterocycles. The van der Waals surface area contributed by atoms with Crippen molar-refractivity contribution < 1.29 is 9.53 Å². The lowest BCUT2D eigenvalue weighted by atomic mass is 9.84. The van der Waals surface area contributed by atoms with Gasteiger partial charge in [0.15, 0.2) is 5.78 Å². The predicted octanol–water partition coefficient (Wildman–Crippen LogP) is 0.831. The molecule has 1 heterocycles. The summed E-state index contributed by atoms with van der Waals surface area (Å²) in [5, 5.41) is 0. The van der Waals surface area contributed by atoms with Gasteiger partial charge in [0.2, 0.25) is 0 Å². The highest BCUT2D eigenvalue weighted by atomic mass is 16.5. The number of nitrogens with one attached hydrogen (secondary N) is 2. The maximum absolute atomic E-state index is 11.9. The monoisotopic (exact) mass is 200 g/mol. The van der Waals surface area contributed by atoms with Crippen molar-refractivity contribution in [3.05, 3.63) is 0 Å². The van der Waals surface area contributed by atoms with Crippen LogP contribution < -0.4 is 10.9 Å². The van der Waals surface area contributed by atoms with E-state index in [0.717, 1.165) is 12.8 Å². The van der Waals surface area contributed by atoms with Gasteiger partial charge in [-0.15, -0.1) is 0 Å². The van der Waals surface area contributed by atoms with Crippen LogP contribution in [0.4, 0.5) is 0 Å². The Labute approximate surface area is 85.4 Å². The third-order valence-electron chi connectivity index (χ3n) is 2.48. The van der Waals surface area contributed by atoms with Crippen LogP contribution >= 0.6 is 0 Å². The highest BCUT2D eigenvalue weighted by Gasteiger charge is 2.32. The minimum Gasteiger partial charge on any atom is -0.365 e. The van der Waals surface area contributed by atoms with Gasteiger partial charge in [0, 0.05) is 12.5 Å². The fourth-order valence-electron chi connectivity index (χ4n) is 1.55. The molecule has 1 aliphatic rings. The largest absolute Gasteiger partial charge is 0.365 e. The lowest BCUT2D eigenvalue weighted by Crippen LogP contribution is -2.57. The first-order valence-corrected chi connectivity index (χ1v) is 5.03. The predicted molar refractivity (Wildman–Crippen MR) is 54.6 cm³/mol. The fraction of sp³-hybridized carbons (Fsp3) is 0.900. The van der Waals surface area contributed by atoms with Gasteiger partial charge in [-0.1, -0.05) is 20.8 Å². The zero-order chi connectivity index (χ0) is 10.8. The summed E-state index contributed by atoms with van der Waals surface area (Å²) in [6.45, 7) is 5.83. The summed E-state index contributed by atoms with van der Waals surface area (Å²) >= 11 is 0. The van der Waals surface area contributed by atoms with Crippen molar-refractivity contribution in [2.75, 3.05) is 7.11 Å². The molecule has 0 spiro atoms. The van der Waals surface area contributed by atoms with Gasteiger partial charge < -0.3 is 4.74 Å². The molecule has 0 aromatic carbocycles. The molecule has 1 rings (SSSR count). The average Bonchev–Trinajstić information content (AvgIpc) is 2.15. The number of hydrazine groups is 1. The van der Waals surface area contributed by atoms with Crippen LogP contribution in [0, 0.1) is 5.41 Å². The van der Waals surface area contributed by atoms with E-state index in [0.29, 0.717) is 0 Å². The normalized spacial score (nSPS) is 28.9. The summed E-state index contributed by atoms with van der Waals surface area (Å²) in [4.78, 5) is 11.9. The number of rotatable bonds is 2. The van der Waals surface area contributed by atoms with E-state index in [1.54, 1.807) is 7.11 Å². The number of carbonyl (C=O) groups excluding carboxylic acids is 1. The molecule has 0 aromatic heterocycles. The first-order valence-electron chi connectivity index (χ1n) is 5.03. The maximum atomic E-state index is 11.9. The summed E-state index contributed by atoms with van der Waals surface area (Å²) in [5.74, 6) is 0.250. The van der Waals surface area contributed by atoms with Gasteiger partial charge in [0.25, 0.3) is 0 Å². The smallest absolute Gasteiger partial charge is 0.156 e. The molecule has 4 nitrogen and oxygen atoms in total. The molecule has 0 saturated carbocycles. The molecule has 1 fully saturated rings. The number of hydrogen-bond donors (Lipinski definition) is 2. The topological polar surface area (TPSA) is 50.4 Å². The second kappa shape index (κ2) is 4.38. The molecular formula is C10H20N2O2. The molecule has 0 radical (unpaired) electrons. The molecule has 1 saturated heterocycles. The van der Waals surface area contributed by atoms with E-state index in [-0.39, 0.29) is 23.5 Å². The van der Waals surface area contributed by atoms with Crippen LogP contribution in [0.1, 0.15) is 33.6 Å². The Hall–Kier alpha value is -0.450. The van der Waals surface area contributed by atoms with Gasteiger partial charge in [-0.2, -0.15) is 0 Å². The van der Waals surface area contributed by atoms with E-state index in [4.69, 9.17) is 4.74 Å². The number of methoxy groups -OCH3 is 1. The molecule has 0 amide bonds. The second-order valence-corrected chi connectivity index (χ2v) is 4.76. The highest BCUT2D eigenvalue weighted by molar-refractivity contribution is 5.88. The van der Waals surface area contributed by atoms with E-state index < -0.39 is 0 Å². The lowest BCUT2D eigenvalue weighted by molar-refractivity contribution is -0.130. The summed E-state index contributed by atoms with van der Waals surface area (Å²) in [7, 11) is 1.66. The van der Waals surface area contributed by atoms with E-state index in [1.807, 2.05) is 20.8 Å². The van der Waals surface area contributed by atoms with Crippen molar-refractivity contribution >= 4 is 5.78 Å². The molecule has 0 bridgehead atoms. The summed E-state index contributed by atoms with van der Waals surface area (Å²) in [6.07, 6.45) is 1.73. The second-order valence-electron chi connectivity index (χ2n) is 4.76. The van der Waals surface area contributed by atoms with Crippen LogP contribution in [0.15, 0.2) is 0 Å². The Morgan fingerprint density at radius 3 is 2.29 bits per heavy atom. The van der Waals surface area contributed by atoms with Gasteiger partial charge in [-0.05, 0) is 12.8 Å². The molecule has 14 heavy (non-hydrogen) atoms. The van der Waals surface area contributed by atoms with Crippen molar-refractivity contribution in [2.45, 2.75) is 45.9 Å². The zero-order valence-electron chi connectivity index (χ0n) is 9.39.